The Kier molecular flexibility index (Phi) is 3.89. The van der Waals surface area contributed by atoms with Gasteiger partial charge < -0.3 is 10.5 Å². The van der Waals surface area contributed by atoms with Crippen molar-refractivity contribution in [3.63, 3.8) is 0 Å². The molecule has 0 amide bonds. The fourth-order valence-electron chi connectivity index (χ4n) is 1.45. The van der Waals surface area contributed by atoms with Gasteiger partial charge in [0, 0.05) is 24.0 Å². The van der Waals surface area contributed by atoms with Crippen molar-refractivity contribution < 1.29 is 18.3 Å². The highest BCUT2D eigenvalue weighted by Gasteiger charge is 2.24. The molecule has 2 N–H and O–H groups in total. The maximum Gasteiger partial charge on any atom is 0.339 e. The molecule has 0 aromatic carbocycles. The number of aromatic nitrogens is 1. The third kappa shape index (κ3) is 2.16. The molecule has 1 aromatic heterocycles. The number of pyridine rings is 1. The predicted octanol–water partition coefficient (Wildman–Crippen LogP) is 1.57. The van der Waals surface area contributed by atoms with E-state index in [9.17, 15) is 13.6 Å². The minimum atomic E-state index is -2.78. The quantitative estimate of drug-likeness (QED) is 0.800. The highest BCUT2D eigenvalue weighted by molar-refractivity contribution is 5.91. The summed E-state index contributed by atoms with van der Waals surface area (Å²) in [5, 5.41) is 0. The second kappa shape index (κ2) is 4.98. The number of ether oxygens (including phenoxy) is 1. The van der Waals surface area contributed by atoms with E-state index in [-0.39, 0.29) is 23.2 Å². The number of methoxy groups -OCH3 is 1. The lowest BCUT2D eigenvalue weighted by Gasteiger charge is -2.13. The lowest BCUT2D eigenvalue weighted by molar-refractivity contribution is 0.0588. The first-order valence-electron chi connectivity index (χ1n) is 4.57. The van der Waals surface area contributed by atoms with E-state index in [0.29, 0.717) is 5.69 Å². The van der Waals surface area contributed by atoms with Gasteiger partial charge in [-0.3, -0.25) is 4.98 Å². The Labute approximate surface area is 91.4 Å². The Bertz CT molecular complexity index is 408. The van der Waals surface area contributed by atoms with Crippen molar-refractivity contribution >= 4 is 5.97 Å². The molecule has 0 unspecified atom stereocenters. The summed E-state index contributed by atoms with van der Waals surface area (Å²) in [6.45, 7) is 1.47. The minimum Gasteiger partial charge on any atom is -0.465 e. The van der Waals surface area contributed by atoms with Gasteiger partial charge in [-0.2, -0.15) is 0 Å². The minimum absolute atomic E-state index is 0.0939. The Morgan fingerprint density at radius 1 is 1.62 bits per heavy atom. The summed E-state index contributed by atoms with van der Waals surface area (Å²) >= 11 is 0. The molecule has 6 heteroatoms. The molecule has 4 nitrogen and oxygen atoms in total. The van der Waals surface area contributed by atoms with Gasteiger partial charge in [-0.25, -0.2) is 13.6 Å². The van der Waals surface area contributed by atoms with E-state index in [1.807, 2.05) is 0 Å². The number of rotatable bonds is 3. The van der Waals surface area contributed by atoms with E-state index >= 15 is 0 Å². The molecule has 0 radical (unpaired) electrons. The number of aryl methyl sites for hydroxylation is 1. The van der Waals surface area contributed by atoms with Crippen LogP contribution in [0.4, 0.5) is 8.78 Å². The fourth-order valence-corrected chi connectivity index (χ4v) is 1.45. The summed E-state index contributed by atoms with van der Waals surface area (Å²) < 4.78 is 30.1. The van der Waals surface area contributed by atoms with Gasteiger partial charge in [-0.15, -0.1) is 0 Å². The van der Waals surface area contributed by atoms with Gasteiger partial charge in [0.05, 0.1) is 12.7 Å². The van der Waals surface area contributed by atoms with Gasteiger partial charge in [0.15, 0.2) is 0 Å². The molecule has 1 aromatic rings. The normalized spacial score (nSPS) is 10.6. The van der Waals surface area contributed by atoms with E-state index in [2.05, 4.69) is 9.72 Å². The van der Waals surface area contributed by atoms with E-state index in [0.717, 1.165) is 13.3 Å². The van der Waals surface area contributed by atoms with Gasteiger partial charge in [-0.1, -0.05) is 0 Å². The van der Waals surface area contributed by atoms with Crippen LogP contribution in [0.25, 0.3) is 0 Å². The molecule has 1 heterocycles. The maximum absolute atomic E-state index is 12.9. The van der Waals surface area contributed by atoms with Gasteiger partial charge in [0.2, 0.25) is 0 Å². The lowest BCUT2D eigenvalue weighted by Crippen LogP contribution is -2.14. The van der Waals surface area contributed by atoms with Crippen LogP contribution in [0, 0.1) is 6.92 Å². The number of carbonyl (C=O) groups excluding carboxylic acids is 1. The van der Waals surface area contributed by atoms with Crippen LogP contribution in [0.5, 0.6) is 0 Å². The zero-order chi connectivity index (χ0) is 12.3. The van der Waals surface area contributed by atoms with E-state index in [1.54, 1.807) is 6.92 Å². The van der Waals surface area contributed by atoms with Crippen LogP contribution in [-0.4, -0.2) is 18.1 Å². The molecule has 1 rings (SSSR count). The first-order valence-corrected chi connectivity index (χ1v) is 4.57. The molecule has 0 spiro atoms. The molecule has 0 saturated carbocycles. The topological polar surface area (TPSA) is 65.2 Å². The Morgan fingerprint density at radius 3 is 2.69 bits per heavy atom. The first-order chi connectivity index (χ1) is 7.52. The van der Waals surface area contributed by atoms with Crippen LogP contribution in [-0.2, 0) is 11.3 Å². The molecular weight excluding hydrogens is 218 g/mol. The number of nitrogens with two attached hydrogens (primary N) is 1. The standard InChI is InChI=1S/C10H12F2N2O2/c1-5-6(3-13)8(9(11)12)7(4-14-5)10(15)16-2/h4,9H,3,13H2,1-2H3. The number of hydrogen-bond donors (Lipinski definition) is 1. The van der Waals surface area contributed by atoms with Crippen molar-refractivity contribution in [1.29, 1.82) is 0 Å². The highest BCUT2D eigenvalue weighted by Crippen LogP contribution is 2.28. The zero-order valence-electron chi connectivity index (χ0n) is 8.96. The Hall–Kier alpha value is -1.56. The van der Waals surface area contributed by atoms with Crippen LogP contribution in [0.2, 0.25) is 0 Å². The van der Waals surface area contributed by atoms with Gasteiger partial charge in [0.25, 0.3) is 6.43 Å². The van der Waals surface area contributed by atoms with Crippen molar-refractivity contribution in [2.24, 2.45) is 5.73 Å². The third-order valence-corrected chi connectivity index (χ3v) is 2.27. The van der Waals surface area contributed by atoms with Crippen molar-refractivity contribution in [2.75, 3.05) is 7.11 Å². The van der Waals surface area contributed by atoms with Crippen molar-refractivity contribution in [3.8, 4) is 0 Å². The van der Waals surface area contributed by atoms with Crippen LogP contribution in [0.3, 0.4) is 0 Å². The number of nitrogens with zero attached hydrogens (tertiary/aromatic N) is 1. The molecular formula is C10H12F2N2O2. The smallest absolute Gasteiger partial charge is 0.339 e. The number of hydrogen-bond acceptors (Lipinski definition) is 4. The second-order valence-electron chi connectivity index (χ2n) is 3.15. The SMILES string of the molecule is COC(=O)c1cnc(C)c(CN)c1C(F)F. The van der Waals surface area contributed by atoms with Crippen LogP contribution < -0.4 is 5.73 Å². The van der Waals surface area contributed by atoms with Gasteiger partial charge in [-0.05, 0) is 12.5 Å². The molecule has 0 aliphatic heterocycles. The number of alkyl halides is 2. The monoisotopic (exact) mass is 230 g/mol. The molecule has 0 saturated heterocycles. The van der Waals surface area contributed by atoms with Gasteiger partial charge in [0.1, 0.15) is 0 Å². The summed E-state index contributed by atoms with van der Waals surface area (Å²) in [5.41, 5.74) is 5.34. The average Bonchev–Trinajstić information content (AvgIpc) is 2.27. The van der Waals surface area contributed by atoms with E-state index in [4.69, 9.17) is 5.73 Å². The summed E-state index contributed by atoms with van der Waals surface area (Å²) in [4.78, 5) is 15.1. The number of halogens is 2. The third-order valence-electron chi connectivity index (χ3n) is 2.27. The highest BCUT2D eigenvalue weighted by atomic mass is 19.3. The Balaban J connectivity index is 3.45. The molecule has 0 bridgehead atoms. The summed E-state index contributed by atoms with van der Waals surface area (Å²) in [5.74, 6) is -0.836. The number of carbonyl (C=O) groups is 1. The lowest BCUT2D eigenvalue weighted by atomic mass is 10.0. The molecule has 0 aliphatic carbocycles. The fraction of sp³-hybridized carbons (Fsp3) is 0.400. The molecule has 0 fully saturated rings. The molecule has 88 valence electrons. The first kappa shape index (κ1) is 12.5. The van der Waals surface area contributed by atoms with Crippen molar-refractivity contribution in [1.82, 2.24) is 4.98 Å². The van der Waals surface area contributed by atoms with Crippen molar-refractivity contribution in [3.05, 3.63) is 28.6 Å². The largest absolute Gasteiger partial charge is 0.465 e. The average molecular weight is 230 g/mol. The molecule has 16 heavy (non-hydrogen) atoms. The van der Waals surface area contributed by atoms with Gasteiger partial charge >= 0.3 is 5.97 Å². The number of esters is 1. The second-order valence-corrected chi connectivity index (χ2v) is 3.15. The van der Waals surface area contributed by atoms with E-state index < -0.39 is 12.4 Å². The molecule has 0 aliphatic rings. The Morgan fingerprint density at radius 2 is 2.25 bits per heavy atom. The summed E-state index contributed by atoms with van der Waals surface area (Å²) in [6.07, 6.45) is -1.70. The van der Waals surface area contributed by atoms with Crippen molar-refractivity contribution in [2.45, 2.75) is 19.9 Å². The van der Waals surface area contributed by atoms with E-state index in [1.165, 1.54) is 0 Å². The van der Waals surface area contributed by atoms with Crippen LogP contribution >= 0.6 is 0 Å². The van der Waals surface area contributed by atoms with Crippen LogP contribution in [0.1, 0.15) is 33.6 Å². The summed E-state index contributed by atoms with van der Waals surface area (Å²) in [6, 6.07) is 0. The summed E-state index contributed by atoms with van der Waals surface area (Å²) in [7, 11) is 1.12. The maximum atomic E-state index is 12.9. The van der Waals surface area contributed by atoms with Crippen LogP contribution in [0.15, 0.2) is 6.20 Å². The molecule has 0 atom stereocenters. The predicted molar refractivity (Wildman–Crippen MR) is 53.2 cm³/mol. The zero-order valence-corrected chi connectivity index (χ0v) is 8.96.